The third-order valence-electron chi connectivity index (χ3n) is 6.39. The fourth-order valence-corrected chi connectivity index (χ4v) is 4.53. The van der Waals surface area contributed by atoms with Gasteiger partial charge >= 0.3 is 0 Å². The number of fused-ring (bicyclic) bond motifs is 1. The minimum absolute atomic E-state index is 0.0148. The van der Waals surface area contributed by atoms with E-state index in [4.69, 9.17) is 9.47 Å². The Balaban J connectivity index is 1.60. The summed E-state index contributed by atoms with van der Waals surface area (Å²) in [4.78, 5) is 15.8. The number of para-hydroxylation sites is 1. The number of piperidine rings is 1. The summed E-state index contributed by atoms with van der Waals surface area (Å²) in [6, 6.07) is 16.7. The Hall–Kier alpha value is -2.99. The molecule has 1 saturated heterocycles. The SMILES string of the molecule is COc1cc(Cn2c(C(=O)NC3CCN(C(C)C)CC3)cc3ccccc32)cc(OC)c1. The quantitative estimate of drug-likeness (QED) is 0.601. The van der Waals surface area contributed by atoms with Gasteiger partial charge in [-0.25, -0.2) is 0 Å². The molecule has 32 heavy (non-hydrogen) atoms. The van der Waals surface area contributed by atoms with Gasteiger partial charge in [-0.15, -0.1) is 0 Å². The van der Waals surface area contributed by atoms with Crippen LogP contribution in [0.4, 0.5) is 0 Å². The van der Waals surface area contributed by atoms with Gasteiger partial charge in [0.1, 0.15) is 17.2 Å². The summed E-state index contributed by atoms with van der Waals surface area (Å²) in [5, 5.41) is 4.35. The van der Waals surface area contributed by atoms with Crippen molar-refractivity contribution in [2.75, 3.05) is 27.3 Å². The Morgan fingerprint density at radius 1 is 1.03 bits per heavy atom. The van der Waals surface area contributed by atoms with Crippen molar-refractivity contribution in [2.24, 2.45) is 0 Å². The number of nitrogens with zero attached hydrogens (tertiary/aromatic N) is 2. The highest BCUT2D eigenvalue weighted by Crippen LogP contribution is 2.26. The van der Waals surface area contributed by atoms with E-state index in [1.54, 1.807) is 14.2 Å². The Morgan fingerprint density at radius 3 is 2.31 bits per heavy atom. The van der Waals surface area contributed by atoms with Crippen molar-refractivity contribution in [3.63, 3.8) is 0 Å². The highest BCUT2D eigenvalue weighted by molar-refractivity contribution is 5.99. The maximum Gasteiger partial charge on any atom is 0.268 e. The summed E-state index contributed by atoms with van der Waals surface area (Å²) < 4.78 is 13.0. The summed E-state index contributed by atoms with van der Waals surface area (Å²) in [7, 11) is 3.29. The first-order valence-electron chi connectivity index (χ1n) is 11.3. The van der Waals surface area contributed by atoms with E-state index in [1.165, 1.54) is 0 Å². The van der Waals surface area contributed by atoms with Crippen LogP contribution >= 0.6 is 0 Å². The van der Waals surface area contributed by atoms with Crippen molar-refractivity contribution in [1.82, 2.24) is 14.8 Å². The molecule has 0 saturated carbocycles. The van der Waals surface area contributed by atoms with E-state index in [0.717, 1.165) is 53.9 Å². The van der Waals surface area contributed by atoms with Crippen LogP contribution in [0.2, 0.25) is 0 Å². The first-order chi connectivity index (χ1) is 15.5. The first-order valence-corrected chi connectivity index (χ1v) is 11.3. The number of likely N-dealkylation sites (tertiary alicyclic amines) is 1. The van der Waals surface area contributed by atoms with Crippen LogP contribution < -0.4 is 14.8 Å². The van der Waals surface area contributed by atoms with E-state index in [-0.39, 0.29) is 11.9 Å². The summed E-state index contributed by atoms with van der Waals surface area (Å²) >= 11 is 0. The molecule has 6 nitrogen and oxygen atoms in total. The number of methoxy groups -OCH3 is 2. The molecular weight excluding hydrogens is 402 g/mol. The molecule has 2 heterocycles. The molecule has 0 aliphatic carbocycles. The zero-order chi connectivity index (χ0) is 22.7. The average molecular weight is 436 g/mol. The van der Waals surface area contributed by atoms with Crippen LogP contribution in [0.1, 0.15) is 42.7 Å². The number of carbonyl (C=O) groups is 1. The van der Waals surface area contributed by atoms with E-state index in [2.05, 4.69) is 40.8 Å². The van der Waals surface area contributed by atoms with Crippen LogP contribution in [0.15, 0.2) is 48.5 Å². The molecular formula is C26H33N3O3. The van der Waals surface area contributed by atoms with Crippen LogP contribution in [0.5, 0.6) is 11.5 Å². The molecule has 0 spiro atoms. The van der Waals surface area contributed by atoms with Gasteiger partial charge in [0.05, 0.1) is 14.2 Å². The van der Waals surface area contributed by atoms with Crippen LogP contribution in [-0.2, 0) is 6.54 Å². The lowest BCUT2D eigenvalue weighted by molar-refractivity contribution is 0.0892. The van der Waals surface area contributed by atoms with Gasteiger partial charge in [0.2, 0.25) is 0 Å². The molecule has 170 valence electrons. The lowest BCUT2D eigenvalue weighted by Gasteiger charge is -2.34. The Bertz CT molecular complexity index is 1060. The molecule has 1 aliphatic heterocycles. The number of aromatic nitrogens is 1. The highest BCUT2D eigenvalue weighted by Gasteiger charge is 2.24. The number of amides is 1. The molecule has 1 aromatic heterocycles. The van der Waals surface area contributed by atoms with Crippen LogP contribution in [0, 0.1) is 0 Å². The first kappa shape index (κ1) is 22.2. The summed E-state index contributed by atoms with van der Waals surface area (Å²) in [6.45, 7) is 7.05. The van der Waals surface area contributed by atoms with Gasteiger partial charge in [0.15, 0.2) is 0 Å². The fourth-order valence-electron chi connectivity index (χ4n) is 4.53. The van der Waals surface area contributed by atoms with Gasteiger partial charge < -0.3 is 24.3 Å². The van der Waals surface area contributed by atoms with Crippen molar-refractivity contribution in [3.8, 4) is 11.5 Å². The molecule has 6 heteroatoms. The second-order valence-electron chi connectivity index (χ2n) is 8.77. The van der Waals surface area contributed by atoms with Gasteiger partial charge in [-0.05, 0) is 56.5 Å². The molecule has 0 bridgehead atoms. The molecule has 4 rings (SSSR count). The topological polar surface area (TPSA) is 55.7 Å². The van der Waals surface area contributed by atoms with Gasteiger partial charge in [-0.2, -0.15) is 0 Å². The number of rotatable bonds is 7. The van der Waals surface area contributed by atoms with Gasteiger partial charge in [-0.3, -0.25) is 4.79 Å². The lowest BCUT2D eigenvalue weighted by atomic mass is 10.0. The second-order valence-corrected chi connectivity index (χ2v) is 8.77. The molecule has 3 aromatic rings. The van der Waals surface area contributed by atoms with Gasteiger partial charge in [-0.1, -0.05) is 18.2 Å². The van der Waals surface area contributed by atoms with Crippen LogP contribution in [0.3, 0.4) is 0 Å². The second kappa shape index (κ2) is 9.65. The van der Waals surface area contributed by atoms with Crippen molar-refractivity contribution in [3.05, 3.63) is 59.8 Å². The minimum Gasteiger partial charge on any atom is -0.497 e. The Kier molecular flexibility index (Phi) is 6.70. The summed E-state index contributed by atoms with van der Waals surface area (Å²) in [6.07, 6.45) is 1.97. The van der Waals surface area contributed by atoms with E-state index >= 15 is 0 Å². The highest BCUT2D eigenvalue weighted by atomic mass is 16.5. The predicted octanol–water partition coefficient (Wildman–Crippen LogP) is 4.31. The number of hydrogen-bond acceptors (Lipinski definition) is 4. The molecule has 1 amide bonds. The smallest absolute Gasteiger partial charge is 0.268 e. The van der Waals surface area contributed by atoms with Crippen LogP contribution in [-0.4, -0.2) is 54.8 Å². The molecule has 1 fully saturated rings. The van der Waals surface area contributed by atoms with Crippen molar-refractivity contribution < 1.29 is 14.3 Å². The summed E-state index contributed by atoms with van der Waals surface area (Å²) in [5.41, 5.74) is 2.73. The van der Waals surface area contributed by atoms with Crippen molar-refractivity contribution in [2.45, 2.75) is 45.3 Å². The zero-order valence-corrected chi connectivity index (χ0v) is 19.4. The van der Waals surface area contributed by atoms with E-state index < -0.39 is 0 Å². The standard InChI is InChI=1S/C26H33N3O3/c1-18(2)28-11-9-21(10-12-28)27-26(30)25-15-20-7-5-6-8-24(20)29(25)17-19-13-22(31-3)16-23(14-19)32-4/h5-8,13-16,18,21H,9-12,17H2,1-4H3,(H,27,30). The molecule has 0 unspecified atom stereocenters. The minimum atomic E-state index is -0.0148. The number of nitrogens with one attached hydrogen (secondary N) is 1. The molecule has 0 radical (unpaired) electrons. The summed E-state index contributed by atoms with van der Waals surface area (Å²) in [5.74, 6) is 1.46. The third kappa shape index (κ3) is 4.75. The Labute approximate surface area is 190 Å². The molecule has 1 aliphatic rings. The predicted molar refractivity (Wildman–Crippen MR) is 128 cm³/mol. The number of benzene rings is 2. The van der Waals surface area contributed by atoms with Gasteiger partial charge in [0, 0.05) is 48.7 Å². The maximum absolute atomic E-state index is 13.4. The third-order valence-corrected chi connectivity index (χ3v) is 6.39. The van der Waals surface area contributed by atoms with Crippen molar-refractivity contribution in [1.29, 1.82) is 0 Å². The van der Waals surface area contributed by atoms with Crippen molar-refractivity contribution >= 4 is 16.8 Å². The molecule has 0 atom stereocenters. The van der Waals surface area contributed by atoms with E-state index in [1.807, 2.05) is 36.4 Å². The zero-order valence-electron chi connectivity index (χ0n) is 19.4. The average Bonchev–Trinajstić information content (AvgIpc) is 3.17. The molecule has 2 aromatic carbocycles. The van der Waals surface area contributed by atoms with E-state index in [9.17, 15) is 4.79 Å². The van der Waals surface area contributed by atoms with E-state index in [0.29, 0.717) is 18.3 Å². The fraction of sp³-hybridized carbons (Fsp3) is 0.423. The van der Waals surface area contributed by atoms with Gasteiger partial charge in [0.25, 0.3) is 5.91 Å². The number of hydrogen-bond donors (Lipinski definition) is 1. The number of ether oxygens (including phenoxy) is 2. The molecule has 1 N–H and O–H groups in total. The lowest BCUT2D eigenvalue weighted by Crippen LogP contribution is -2.46. The maximum atomic E-state index is 13.4. The largest absolute Gasteiger partial charge is 0.497 e. The normalized spacial score (nSPS) is 15.3. The van der Waals surface area contributed by atoms with Crippen LogP contribution in [0.25, 0.3) is 10.9 Å². The monoisotopic (exact) mass is 435 g/mol. The number of carbonyl (C=O) groups excluding carboxylic acids is 1. The Morgan fingerprint density at radius 2 is 1.69 bits per heavy atom.